The Labute approximate surface area is 125 Å². The van der Waals surface area contributed by atoms with Gasteiger partial charge < -0.3 is 4.90 Å². The summed E-state index contributed by atoms with van der Waals surface area (Å²) in [5.74, 6) is -0.0686. The Morgan fingerprint density at radius 1 is 1.24 bits per heavy atom. The second-order valence-electron chi connectivity index (χ2n) is 5.84. The van der Waals surface area contributed by atoms with Crippen molar-refractivity contribution in [3.05, 3.63) is 29.8 Å². The lowest BCUT2D eigenvalue weighted by Crippen LogP contribution is -2.59. The highest BCUT2D eigenvalue weighted by Crippen LogP contribution is 2.30. The fraction of sp³-hybridized carbons (Fsp3) is 0.533. The minimum atomic E-state index is -3.63. The second kappa shape index (κ2) is 5.10. The molecule has 0 unspecified atom stereocenters. The number of fused-ring (bicyclic) bond motifs is 1. The van der Waals surface area contributed by atoms with Crippen molar-refractivity contribution in [2.24, 2.45) is 0 Å². The van der Waals surface area contributed by atoms with E-state index in [0.29, 0.717) is 17.0 Å². The number of hydrogen-bond donors (Lipinski definition) is 0. The summed E-state index contributed by atoms with van der Waals surface area (Å²) in [6.45, 7) is 4.63. The molecule has 2 fully saturated rings. The normalized spacial score (nSPS) is 27.0. The summed E-state index contributed by atoms with van der Waals surface area (Å²) in [6, 6.07) is 6.35. The van der Waals surface area contributed by atoms with Crippen LogP contribution >= 0.6 is 0 Å². The Morgan fingerprint density at radius 3 is 2.67 bits per heavy atom. The van der Waals surface area contributed by atoms with Crippen LogP contribution in [-0.4, -0.2) is 48.7 Å². The van der Waals surface area contributed by atoms with E-state index in [2.05, 4.69) is 0 Å². The Hall–Kier alpha value is -1.40. The van der Waals surface area contributed by atoms with Crippen LogP contribution in [0.1, 0.15) is 25.3 Å². The number of hydrogen-bond acceptors (Lipinski definition) is 3. The molecule has 2 heterocycles. The third-order valence-electron chi connectivity index (χ3n) is 4.52. The summed E-state index contributed by atoms with van der Waals surface area (Å²) >= 11 is 0. The molecule has 114 valence electrons. The third-order valence-corrected chi connectivity index (χ3v) is 6.62. The van der Waals surface area contributed by atoms with Crippen molar-refractivity contribution < 1.29 is 13.2 Å². The van der Waals surface area contributed by atoms with Gasteiger partial charge in [-0.05, 0) is 38.3 Å². The van der Waals surface area contributed by atoms with Gasteiger partial charge in [0.15, 0.2) is 0 Å². The Balaban J connectivity index is 1.99. The van der Waals surface area contributed by atoms with Crippen molar-refractivity contribution >= 4 is 15.9 Å². The average molecular weight is 308 g/mol. The van der Waals surface area contributed by atoms with E-state index in [1.54, 1.807) is 32.0 Å². The molecule has 1 amide bonds. The predicted molar refractivity (Wildman–Crippen MR) is 79.3 cm³/mol. The van der Waals surface area contributed by atoms with E-state index in [1.165, 1.54) is 4.31 Å². The van der Waals surface area contributed by atoms with E-state index in [9.17, 15) is 13.2 Å². The van der Waals surface area contributed by atoms with Gasteiger partial charge in [0.25, 0.3) is 0 Å². The fourth-order valence-corrected chi connectivity index (χ4v) is 5.18. The van der Waals surface area contributed by atoms with Gasteiger partial charge in [0.05, 0.1) is 4.90 Å². The lowest BCUT2D eigenvalue weighted by Gasteiger charge is -2.40. The molecule has 2 aliphatic heterocycles. The number of benzene rings is 1. The monoisotopic (exact) mass is 308 g/mol. The molecule has 0 saturated carbocycles. The maximum atomic E-state index is 12.9. The molecule has 0 aliphatic carbocycles. The molecule has 2 saturated heterocycles. The highest BCUT2D eigenvalue weighted by Gasteiger charge is 2.45. The van der Waals surface area contributed by atoms with Crippen LogP contribution in [0.3, 0.4) is 0 Å². The zero-order valence-electron chi connectivity index (χ0n) is 12.3. The molecule has 0 bridgehead atoms. The molecule has 3 rings (SSSR count). The first-order chi connectivity index (χ1) is 9.93. The van der Waals surface area contributed by atoms with Crippen LogP contribution in [0, 0.1) is 6.92 Å². The van der Waals surface area contributed by atoms with Crippen molar-refractivity contribution in [3.8, 4) is 0 Å². The van der Waals surface area contributed by atoms with E-state index < -0.39 is 16.1 Å². The molecule has 0 radical (unpaired) electrons. The van der Waals surface area contributed by atoms with Gasteiger partial charge in [-0.15, -0.1) is 0 Å². The number of carbonyl (C=O) groups excluding carboxylic acids is 1. The van der Waals surface area contributed by atoms with Gasteiger partial charge in [0.1, 0.15) is 6.04 Å². The van der Waals surface area contributed by atoms with E-state index in [4.69, 9.17) is 0 Å². The van der Waals surface area contributed by atoms with E-state index in [-0.39, 0.29) is 11.9 Å². The smallest absolute Gasteiger partial charge is 0.244 e. The number of rotatable bonds is 2. The highest BCUT2D eigenvalue weighted by atomic mass is 32.2. The largest absolute Gasteiger partial charge is 0.337 e. The van der Waals surface area contributed by atoms with Crippen LogP contribution < -0.4 is 0 Å². The van der Waals surface area contributed by atoms with Gasteiger partial charge in [-0.2, -0.15) is 4.31 Å². The molecule has 0 N–H and O–H groups in total. The molecule has 6 heteroatoms. The molecule has 0 aromatic heterocycles. The zero-order valence-corrected chi connectivity index (χ0v) is 13.1. The van der Waals surface area contributed by atoms with Crippen molar-refractivity contribution in [1.82, 2.24) is 9.21 Å². The quantitative estimate of drug-likeness (QED) is 0.829. The first-order valence-corrected chi connectivity index (χ1v) is 8.75. The van der Waals surface area contributed by atoms with Gasteiger partial charge in [-0.3, -0.25) is 4.79 Å². The lowest BCUT2D eigenvalue weighted by atomic mass is 10.1. The van der Waals surface area contributed by atoms with Crippen LogP contribution in [0.4, 0.5) is 0 Å². The summed E-state index contributed by atoms with van der Waals surface area (Å²) in [5.41, 5.74) is 0.714. The third kappa shape index (κ3) is 2.26. The highest BCUT2D eigenvalue weighted by molar-refractivity contribution is 7.89. The Kier molecular flexibility index (Phi) is 3.53. The summed E-state index contributed by atoms with van der Waals surface area (Å²) in [6.07, 6.45) is 1.85. The lowest BCUT2D eigenvalue weighted by molar-refractivity contribution is -0.139. The van der Waals surface area contributed by atoms with Crippen LogP contribution in [-0.2, 0) is 14.8 Å². The second-order valence-corrected chi connectivity index (χ2v) is 7.70. The van der Waals surface area contributed by atoms with Gasteiger partial charge >= 0.3 is 0 Å². The van der Waals surface area contributed by atoms with Gasteiger partial charge in [0, 0.05) is 19.1 Å². The number of sulfonamides is 1. The minimum Gasteiger partial charge on any atom is -0.337 e. The molecule has 2 atom stereocenters. The summed E-state index contributed by atoms with van der Waals surface area (Å²) in [5, 5.41) is 0. The van der Waals surface area contributed by atoms with Crippen molar-refractivity contribution in [1.29, 1.82) is 0 Å². The van der Waals surface area contributed by atoms with E-state index in [0.717, 1.165) is 19.4 Å². The number of piperazine rings is 1. The van der Waals surface area contributed by atoms with Crippen LogP contribution in [0.5, 0.6) is 0 Å². The number of aryl methyl sites for hydroxylation is 1. The minimum absolute atomic E-state index is 0.0347. The first-order valence-electron chi connectivity index (χ1n) is 7.31. The molecule has 2 aliphatic rings. The fourth-order valence-electron chi connectivity index (χ4n) is 3.32. The Morgan fingerprint density at radius 2 is 1.95 bits per heavy atom. The molecule has 21 heavy (non-hydrogen) atoms. The maximum absolute atomic E-state index is 12.9. The summed E-state index contributed by atoms with van der Waals surface area (Å²) < 4.78 is 27.2. The summed E-state index contributed by atoms with van der Waals surface area (Å²) in [4.78, 5) is 14.5. The van der Waals surface area contributed by atoms with Crippen LogP contribution in [0.25, 0.3) is 0 Å². The molecule has 1 aromatic rings. The topological polar surface area (TPSA) is 57.7 Å². The van der Waals surface area contributed by atoms with E-state index >= 15 is 0 Å². The van der Waals surface area contributed by atoms with Crippen LogP contribution in [0.15, 0.2) is 29.2 Å². The molecular weight excluding hydrogens is 288 g/mol. The van der Waals surface area contributed by atoms with Crippen molar-refractivity contribution in [2.45, 2.75) is 43.7 Å². The van der Waals surface area contributed by atoms with Gasteiger partial charge in [0.2, 0.25) is 15.9 Å². The van der Waals surface area contributed by atoms with Gasteiger partial charge in [-0.25, -0.2) is 8.42 Å². The Bertz CT molecular complexity index is 671. The zero-order chi connectivity index (χ0) is 15.2. The van der Waals surface area contributed by atoms with Gasteiger partial charge in [-0.1, -0.05) is 18.2 Å². The number of carbonyl (C=O) groups is 1. The standard InChI is InChI=1S/C15H20N2O3S/c1-11-6-3-4-8-14(11)21(19,20)17-10-13-7-5-9-16(13)15(18)12(17)2/h3-4,6,8,12-13H,5,7,9-10H2,1-2H3/t12-,13-/m0/s1. The average Bonchev–Trinajstić information content (AvgIpc) is 2.91. The SMILES string of the molecule is Cc1ccccc1S(=O)(=O)N1C[C@@H]2CCCN2C(=O)[C@@H]1C. The molecule has 1 aromatic carbocycles. The molecular formula is C15H20N2O3S. The van der Waals surface area contributed by atoms with Crippen molar-refractivity contribution in [2.75, 3.05) is 13.1 Å². The summed E-state index contributed by atoms with van der Waals surface area (Å²) in [7, 11) is -3.63. The van der Waals surface area contributed by atoms with E-state index in [1.807, 2.05) is 11.0 Å². The number of nitrogens with zero attached hydrogens (tertiary/aromatic N) is 2. The maximum Gasteiger partial charge on any atom is 0.244 e. The number of amides is 1. The molecule has 0 spiro atoms. The molecule has 5 nitrogen and oxygen atoms in total. The predicted octanol–water partition coefficient (Wildman–Crippen LogP) is 1.38. The van der Waals surface area contributed by atoms with Crippen LogP contribution in [0.2, 0.25) is 0 Å². The van der Waals surface area contributed by atoms with Crippen molar-refractivity contribution in [3.63, 3.8) is 0 Å². The first kappa shape index (κ1) is 14.5.